The number of aromatic amines is 1. The Bertz CT molecular complexity index is 502. The fourth-order valence-electron chi connectivity index (χ4n) is 0.361. The lowest BCUT2D eigenvalue weighted by Gasteiger charge is -2.03. The molecular weight excluding hydrogens is 296 g/mol. The Kier molecular flexibility index (Phi) is 5.03. The van der Waals surface area contributed by atoms with E-state index in [1.807, 2.05) is 0 Å². The van der Waals surface area contributed by atoms with Gasteiger partial charge >= 0.3 is 26.1 Å². The number of hydrogen-bond acceptors (Lipinski definition) is 6. The minimum absolute atomic E-state index is 1.62. The SMILES string of the molecule is O=S(=O)(F)OS(=O)(=O)C(F)(F)F.c1c[nH]cn1. The molecule has 0 spiro atoms. The highest BCUT2D eigenvalue weighted by Gasteiger charge is 2.50. The zero-order chi connectivity index (χ0) is 13.7. The van der Waals surface area contributed by atoms with Crippen molar-refractivity contribution in [2.24, 2.45) is 0 Å². The second kappa shape index (κ2) is 5.42. The molecule has 0 amide bonds. The van der Waals surface area contributed by atoms with E-state index in [9.17, 15) is 33.9 Å². The Morgan fingerprint density at radius 3 is 1.82 bits per heavy atom. The quantitative estimate of drug-likeness (QED) is 0.483. The summed E-state index contributed by atoms with van der Waals surface area (Å²) in [6.45, 7) is 0. The summed E-state index contributed by atoms with van der Waals surface area (Å²) < 4.78 is 85.1. The van der Waals surface area contributed by atoms with Crippen LogP contribution in [0.5, 0.6) is 0 Å². The summed E-state index contributed by atoms with van der Waals surface area (Å²) in [5, 5.41) is 0. The molecule has 0 aromatic carbocycles. The number of halogens is 4. The second-order valence-electron chi connectivity index (χ2n) is 2.12. The third kappa shape index (κ3) is 6.85. The third-order valence-corrected chi connectivity index (χ3v) is 2.79. The third-order valence-electron chi connectivity index (χ3n) is 0.860. The van der Waals surface area contributed by atoms with E-state index in [2.05, 4.69) is 13.6 Å². The molecule has 0 atom stereocenters. The normalized spacial score (nSPS) is 12.7. The molecule has 0 aliphatic carbocycles. The highest BCUT2D eigenvalue weighted by Crippen LogP contribution is 2.26. The average molecular weight is 300 g/mol. The van der Waals surface area contributed by atoms with Crippen molar-refractivity contribution < 1.29 is 37.5 Å². The first-order valence-electron chi connectivity index (χ1n) is 3.35. The maximum atomic E-state index is 11.3. The van der Waals surface area contributed by atoms with Crippen LogP contribution >= 0.6 is 0 Å². The highest BCUT2D eigenvalue weighted by molar-refractivity contribution is 7.98. The van der Waals surface area contributed by atoms with Crippen LogP contribution in [0, 0.1) is 0 Å². The first-order valence-corrected chi connectivity index (χ1v) is 6.07. The van der Waals surface area contributed by atoms with Crippen LogP contribution in [0.15, 0.2) is 18.7 Å². The van der Waals surface area contributed by atoms with E-state index >= 15 is 0 Å². The molecule has 0 aliphatic rings. The van der Waals surface area contributed by atoms with Crippen LogP contribution in [0.25, 0.3) is 0 Å². The molecule has 0 saturated carbocycles. The van der Waals surface area contributed by atoms with Crippen LogP contribution in [0.1, 0.15) is 0 Å². The van der Waals surface area contributed by atoms with E-state index in [1.54, 1.807) is 18.7 Å². The van der Waals surface area contributed by atoms with Gasteiger partial charge in [-0.3, -0.25) is 0 Å². The molecule has 1 rings (SSSR count). The topological polar surface area (TPSA) is 106 Å². The molecule has 0 bridgehead atoms. The maximum Gasteiger partial charge on any atom is 0.524 e. The Labute approximate surface area is 93.0 Å². The van der Waals surface area contributed by atoms with Gasteiger partial charge in [0, 0.05) is 12.4 Å². The number of hydrogen-bond donors (Lipinski definition) is 1. The fourth-order valence-corrected chi connectivity index (χ4v) is 1.53. The lowest BCUT2D eigenvalue weighted by molar-refractivity contribution is -0.0500. The predicted octanol–water partition coefficient (Wildman–Crippen LogP) is 0.477. The second-order valence-corrected chi connectivity index (χ2v) is 4.82. The minimum atomic E-state index is -6.42. The van der Waals surface area contributed by atoms with Crippen LogP contribution < -0.4 is 0 Å². The number of H-pyrrole nitrogens is 1. The summed E-state index contributed by atoms with van der Waals surface area (Å²) in [5.74, 6) is 0. The molecule has 100 valence electrons. The van der Waals surface area contributed by atoms with Gasteiger partial charge in [0.2, 0.25) is 0 Å². The van der Waals surface area contributed by atoms with Crippen molar-refractivity contribution >= 4 is 20.6 Å². The van der Waals surface area contributed by atoms with Crippen molar-refractivity contribution in [2.75, 3.05) is 0 Å². The molecule has 0 unspecified atom stereocenters. The van der Waals surface area contributed by atoms with Gasteiger partial charge < -0.3 is 4.98 Å². The van der Waals surface area contributed by atoms with Gasteiger partial charge in [-0.05, 0) is 0 Å². The van der Waals surface area contributed by atoms with Gasteiger partial charge in [0.25, 0.3) is 0 Å². The molecule has 0 saturated heterocycles. The Hall–Kier alpha value is -1.21. The van der Waals surface area contributed by atoms with Crippen molar-refractivity contribution in [3.8, 4) is 0 Å². The van der Waals surface area contributed by atoms with Gasteiger partial charge in [-0.25, -0.2) is 4.98 Å². The molecule has 0 radical (unpaired) electrons. The van der Waals surface area contributed by atoms with Crippen LogP contribution in [0.3, 0.4) is 0 Å². The smallest absolute Gasteiger partial charge is 0.351 e. The van der Waals surface area contributed by atoms with Crippen molar-refractivity contribution in [3.05, 3.63) is 18.7 Å². The number of imidazole rings is 1. The zero-order valence-electron chi connectivity index (χ0n) is 7.55. The largest absolute Gasteiger partial charge is 0.524 e. The number of alkyl halides is 3. The lowest BCUT2D eigenvalue weighted by atomic mass is 11.0. The molecule has 1 aromatic heterocycles. The molecule has 7 nitrogen and oxygen atoms in total. The monoisotopic (exact) mass is 300 g/mol. The Balaban J connectivity index is 0.000000419. The summed E-state index contributed by atoms with van der Waals surface area (Å²) in [7, 11) is -12.6. The number of nitrogens with zero attached hydrogens (tertiary/aromatic N) is 1. The number of nitrogens with one attached hydrogen (secondary N) is 1. The van der Waals surface area contributed by atoms with Crippen LogP contribution in [0.2, 0.25) is 0 Å². The summed E-state index contributed by atoms with van der Waals surface area (Å²) in [6, 6.07) is 0. The van der Waals surface area contributed by atoms with Crippen LogP contribution in [0.4, 0.5) is 17.1 Å². The average Bonchev–Trinajstić information content (AvgIpc) is 2.51. The summed E-state index contributed by atoms with van der Waals surface area (Å²) in [6.07, 6.45) is 5.08. The van der Waals surface area contributed by atoms with Gasteiger partial charge in [-0.2, -0.15) is 30.0 Å². The molecule has 1 N–H and O–H groups in total. The Morgan fingerprint density at radius 1 is 1.18 bits per heavy atom. The lowest BCUT2D eigenvalue weighted by Crippen LogP contribution is -2.26. The van der Waals surface area contributed by atoms with E-state index in [4.69, 9.17) is 0 Å². The first kappa shape index (κ1) is 15.8. The van der Waals surface area contributed by atoms with Crippen molar-refractivity contribution in [1.82, 2.24) is 9.97 Å². The fraction of sp³-hybridized carbons (Fsp3) is 0.250. The number of aromatic nitrogens is 2. The van der Waals surface area contributed by atoms with Gasteiger partial charge in [0.15, 0.2) is 0 Å². The van der Waals surface area contributed by atoms with Gasteiger partial charge in [0.05, 0.1) is 6.33 Å². The van der Waals surface area contributed by atoms with Gasteiger partial charge in [-0.15, -0.1) is 3.63 Å². The minimum Gasteiger partial charge on any atom is -0.351 e. The molecule has 1 heterocycles. The molecular formula is C4H4F4N2O5S2. The molecule has 0 fully saturated rings. The van der Waals surface area contributed by atoms with E-state index in [0.29, 0.717) is 0 Å². The van der Waals surface area contributed by atoms with E-state index in [-0.39, 0.29) is 0 Å². The molecule has 1 aromatic rings. The standard InChI is InChI=1S/C3H4N2.CF4O5S2/c1-2-5-3-4-1;2-1(3,4)11(6,7)10-12(5,8)9/h1-3H,(H,4,5);. The zero-order valence-corrected chi connectivity index (χ0v) is 9.18. The van der Waals surface area contributed by atoms with E-state index in [0.717, 1.165) is 0 Å². The van der Waals surface area contributed by atoms with Crippen molar-refractivity contribution in [3.63, 3.8) is 0 Å². The summed E-state index contributed by atoms with van der Waals surface area (Å²) in [5.41, 5.74) is -5.97. The molecule has 13 heteroatoms. The Morgan fingerprint density at radius 2 is 1.71 bits per heavy atom. The summed E-state index contributed by atoms with van der Waals surface area (Å²) in [4.78, 5) is 6.42. The maximum absolute atomic E-state index is 11.3. The van der Waals surface area contributed by atoms with Crippen LogP contribution in [-0.2, 0) is 24.3 Å². The van der Waals surface area contributed by atoms with Crippen molar-refractivity contribution in [1.29, 1.82) is 0 Å². The first-order chi connectivity index (χ1) is 7.46. The van der Waals surface area contributed by atoms with E-state index < -0.39 is 26.1 Å². The molecule has 0 aliphatic heterocycles. The van der Waals surface area contributed by atoms with Crippen LogP contribution in [-0.4, -0.2) is 32.3 Å². The summed E-state index contributed by atoms with van der Waals surface area (Å²) >= 11 is 0. The highest BCUT2D eigenvalue weighted by atomic mass is 32.3. The van der Waals surface area contributed by atoms with Gasteiger partial charge in [0.1, 0.15) is 0 Å². The number of rotatable bonds is 2. The molecule has 17 heavy (non-hydrogen) atoms. The predicted molar refractivity (Wildman–Crippen MR) is 44.7 cm³/mol. The van der Waals surface area contributed by atoms with Gasteiger partial charge in [-0.1, -0.05) is 3.89 Å². The van der Waals surface area contributed by atoms with E-state index in [1.165, 1.54) is 0 Å². The van der Waals surface area contributed by atoms with Crippen molar-refractivity contribution in [2.45, 2.75) is 5.51 Å².